The molecule has 0 aliphatic carbocycles. The molecule has 0 radical (unpaired) electrons. The molecule has 0 saturated heterocycles. The Bertz CT molecular complexity index is 424. The quantitative estimate of drug-likeness (QED) is 0.405. The van der Waals surface area contributed by atoms with Gasteiger partial charge in [-0.2, -0.15) is 0 Å². The maximum atomic E-state index is 11.4. The number of benzene rings is 1. The molecular weight excluding hydrogens is 176 g/mol. The fourth-order valence-corrected chi connectivity index (χ4v) is 1.36. The Morgan fingerprint density at radius 1 is 1.14 bits per heavy atom. The van der Waals surface area contributed by atoms with Crippen molar-refractivity contribution >= 4 is 11.7 Å². The van der Waals surface area contributed by atoms with E-state index in [-0.39, 0.29) is 5.78 Å². The Balaban J connectivity index is 3.29. The molecule has 0 saturated carbocycles. The van der Waals surface area contributed by atoms with Crippen molar-refractivity contribution in [1.29, 1.82) is 0 Å². The van der Waals surface area contributed by atoms with Gasteiger partial charge in [0.05, 0.1) is 6.08 Å². The molecule has 0 aliphatic rings. The van der Waals surface area contributed by atoms with Crippen LogP contribution in [0, 0.1) is 20.8 Å². The number of aryl methyl sites for hydroxylation is 3. The van der Waals surface area contributed by atoms with E-state index in [1.165, 1.54) is 5.94 Å². The van der Waals surface area contributed by atoms with Gasteiger partial charge in [-0.05, 0) is 43.5 Å². The van der Waals surface area contributed by atoms with Crippen molar-refractivity contribution in [2.24, 2.45) is 0 Å². The summed E-state index contributed by atoms with van der Waals surface area (Å²) in [5.41, 5.74) is 3.67. The first-order chi connectivity index (χ1) is 6.56. The van der Waals surface area contributed by atoms with Crippen molar-refractivity contribution in [3.8, 4) is 0 Å². The van der Waals surface area contributed by atoms with Crippen LogP contribution >= 0.6 is 0 Å². The third kappa shape index (κ3) is 1.98. The summed E-state index contributed by atoms with van der Waals surface area (Å²) in [6.07, 6.45) is 0.928. The van der Waals surface area contributed by atoms with Crippen LogP contribution in [0.3, 0.4) is 0 Å². The Morgan fingerprint density at radius 2 is 1.71 bits per heavy atom. The predicted octanol–water partition coefficient (Wildman–Crippen LogP) is 2.18. The summed E-state index contributed by atoms with van der Waals surface area (Å²) in [7, 11) is 0. The SMILES string of the molecule is Cc1cc(C)c(C(=O)C=C=O)cc1C. The van der Waals surface area contributed by atoms with Crippen LogP contribution in [0.5, 0.6) is 0 Å². The predicted molar refractivity (Wildman–Crippen MR) is 55.2 cm³/mol. The second kappa shape index (κ2) is 4.03. The fraction of sp³-hybridized carbons (Fsp3) is 0.250. The number of carbonyl (C=O) groups is 1. The summed E-state index contributed by atoms with van der Waals surface area (Å²) in [6, 6.07) is 3.75. The third-order valence-electron chi connectivity index (χ3n) is 2.30. The van der Waals surface area contributed by atoms with E-state index >= 15 is 0 Å². The highest BCUT2D eigenvalue weighted by Crippen LogP contribution is 2.15. The lowest BCUT2D eigenvalue weighted by Gasteiger charge is -2.06. The molecule has 0 amide bonds. The molecule has 1 rings (SSSR count). The summed E-state index contributed by atoms with van der Waals surface area (Å²) in [6.45, 7) is 5.79. The van der Waals surface area contributed by atoms with Gasteiger partial charge in [0.2, 0.25) is 0 Å². The number of ketones is 1. The van der Waals surface area contributed by atoms with Gasteiger partial charge in [0.15, 0.2) is 5.78 Å². The third-order valence-corrected chi connectivity index (χ3v) is 2.30. The molecule has 0 heterocycles. The number of hydrogen-bond acceptors (Lipinski definition) is 2. The number of carbonyl (C=O) groups excluding carboxylic acids is 2. The first kappa shape index (κ1) is 10.4. The molecule has 72 valence electrons. The lowest BCUT2D eigenvalue weighted by atomic mass is 9.98. The Hall–Kier alpha value is -1.66. The van der Waals surface area contributed by atoms with Crippen LogP contribution < -0.4 is 0 Å². The lowest BCUT2D eigenvalue weighted by Crippen LogP contribution is -2.00. The van der Waals surface area contributed by atoms with E-state index in [9.17, 15) is 9.59 Å². The molecule has 0 fully saturated rings. The average Bonchev–Trinajstić information content (AvgIpc) is 2.11. The maximum Gasteiger partial charge on any atom is 0.197 e. The minimum absolute atomic E-state index is 0.277. The number of allylic oxidation sites excluding steroid dienone is 1. The highest BCUT2D eigenvalue weighted by molar-refractivity contribution is 6.09. The Kier molecular flexibility index (Phi) is 3.00. The molecule has 0 bridgehead atoms. The van der Waals surface area contributed by atoms with Gasteiger partial charge >= 0.3 is 0 Å². The van der Waals surface area contributed by atoms with Crippen LogP contribution in [0.25, 0.3) is 0 Å². The topological polar surface area (TPSA) is 34.1 Å². The van der Waals surface area contributed by atoms with Gasteiger partial charge in [0, 0.05) is 5.56 Å². The van der Waals surface area contributed by atoms with Gasteiger partial charge in [-0.25, -0.2) is 4.79 Å². The van der Waals surface area contributed by atoms with Gasteiger partial charge in [0.25, 0.3) is 0 Å². The van der Waals surface area contributed by atoms with Gasteiger partial charge < -0.3 is 0 Å². The maximum absolute atomic E-state index is 11.4. The second-order valence-electron chi connectivity index (χ2n) is 3.38. The van der Waals surface area contributed by atoms with Crippen LogP contribution in [-0.4, -0.2) is 11.7 Å². The van der Waals surface area contributed by atoms with E-state index in [1.807, 2.05) is 26.8 Å². The highest BCUT2D eigenvalue weighted by Gasteiger charge is 2.07. The molecule has 0 aromatic heterocycles. The van der Waals surface area contributed by atoms with Crippen LogP contribution in [-0.2, 0) is 4.79 Å². The first-order valence-corrected chi connectivity index (χ1v) is 4.39. The van der Waals surface area contributed by atoms with Gasteiger partial charge in [-0.3, -0.25) is 4.79 Å². The molecular formula is C12H12O2. The standard InChI is InChI=1S/C12H12O2/c1-8-6-10(3)11(7-9(8)2)12(14)4-5-13/h4,6-7H,1-3H3. The largest absolute Gasteiger partial charge is 0.288 e. The van der Waals surface area contributed by atoms with Gasteiger partial charge in [0.1, 0.15) is 5.94 Å². The number of hydrogen-bond donors (Lipinski definition) is 0. The average molecular weight is 188 g/mol. The summed E-state index contributed by atoms with van der Waals surface area (Å²) in [5.74, 6) is 1.23. The molecule has 14 heavy (non-hydrogen) atoms. The normalized spacial score (nSPS) is 9.36. The van der Waals surface area contributed by atoms with Crippen molar-refractivity contribution in [1.82, 2.24) is 0 Å². The van der Waals surface area contributed by atoms with E-state index in [2.05, 4.69) is 0 Å². The van der Waals surface area contributed by atoms with E-state index in [1.54, 1.807) is 6.07 Å². The van der Waals surface area contributed by atoms with Crippen LogP contribution in [0.1, 0.15) is 27.0 Å². The fourth-order valence-electron chi connectivity index (χ4n) is 1.36. The Morgan fingerprint density at radius 3 is 2.29 bits per heavy atom. The minimum Gasteiger partial charge on any atom is -0.288 e. The second-order valence-corrected chi connectivity index (χ2v) is 3.38. The summed E-state index contributed by atoms with van der Waals surface area (Å²) >= 11 is 0. The zero-order valence-corrected chi connectivity index (χ0v) is 8.55. The summed E-state index contributed by atoms with van der Waals surface area (Å²) in [5, 5.41) is 0. The molecule has 2 heteroatoms. The molecule has 0 unspecified atom stereocenters. The van der Waals surface area contributed by atoms with Crippen LogP contribution in [0.15, 0.2) is 18.2 Å². The summed E-state index contributed by atoms with van der Waals surface area (Å²) < 4.78 is 0. The van der Waals surface area contributed by atoms with E-state index in [0.29, 0.717) is 5.56 Å². The monoisotopic (exact) mass is 188 g/mol. The zero-order chi connectivity index (χ0) is 10.7. The molecule has 0 spiro atoms. The van der Waals surface area contributed by atoms with Crippen LogP contribution in [0.2, 0.25) is 0 Å². The molecule has 2 nitrogen and oxygen atoms in total. The van der Waals surface area contributed by atoms with E-state index in [4.69, 9.17) is 0 Å². The first-order valence-electron chi connectivity index (χ1n) is 4.39. The highest BCUT2D eigenvalue weighted by atomic mass is 16.1. The minimum atomic E-state index is -0.277. The molecule has 0 aliphatic heterocycles. The molecule has 0 atom stereocenters. The van der Waals surface area contributed by atoms with Crippen molar-refractivity contribution < 1.29 is 9.59 Å². The van der Waals surface area contributed by atoms with E-state index in [0.717, 1.165) is 22.8 Å². The van der Waals surface area contributed by atoms with Gasteiger partial charge in [-0.1, -0.05) is 6.07 Å². The lowest BCUT2D eigenvalue weighted by molar-refractivity contribution is 0.104. The number of rotatable bonds is 2. The van der Waals surface area contributed by atoms with Crippen molar-refractivity contribution in [2.75, 3.05) is 0 Å². The molecule has 1 aromatic carbocycles. The zero-order valence-electron chi connectivity index (χ0n) is 8.55. The van der Waals surface area contributed by atoms with Gasteiger partial charge in [-0.15, -0.1) is 0 Å². The molecule has 1 aromatic rings. The molecule has 0 N–H and O–H groups in total. The van der Waals surface area contributed by atoms with Crippen molar-refractivity contribution in [2.45, 2.75) is 20.8 Å². The van der Waals surface area contributed by atoms with Crippen molar-refractivity contribution in [3.63, 3.8) is 0 Å². The van der Waals surface area contributed by atoms with Crippen LogP contribution in [0.4, 0.5) is 0 Å². The Labute approximate surface area is 83.3 Å². The van der Waals surface area contributed by atoms with Crippen molar-refractivity contribution in [3.05, 3.63) is 40.5 Å². The summed E-state index contributed by atoms with van der Waals surface area (Å²) in [4.78, 5) is 21.5. The van der Waals surface area contributed by atoms with E-state index < -0.39 is 0 Å². The smallest absolute Gasteiger partial charge is 0.197 e.